The van der Waals surface area contributed by atoms with Gasteiger partial charge in [-0.1, -0.05) is 389 Å². The molecule has 6 heteroatoms. The van der Waals surface area contributed by atoms with Crippen LogP contribution in [0.3, 0.4) is 0 Å². The predicted octanol–water partition coefficient (Wildman–Crippen LogP) is 26.9. The largest absolute Gasteiger partial charge is 0.466 e. The van der Waals surface area contributed by atoms with Gasteiger partial charge in [-0.3, -0.25) is 9.59 Å². The van der Waals surface area contributed by atoms with Crippen LogP contribution < -0.4 is 5.32 Å². The lowest BCUT2D eigenvalue weighted by Gasteiger charge is -2.20. The first kappa shape index (κ1) is 87.6. The molecule has 0 aromatic carbocycles. The Morgan fingerprint density at radius 2 is 0.556 bits per heavy atom. The summed E-state index contributed by atoms with van der Waals surface area (Å²) in [7, 11) is 0. The number of carbonyl (C=O) groups excluding carboxylic acids is 2. The highest BCUT2D eigenvalue weighted by Gasteiger charge is 2.18. The minimum absolute atomic E-state index is 0.000707. The van der Waals surface area contributed by atoms with E-state index in [0.717, 1.165) is 57.8 Å². The van der Waals surface area contributed by atoms with E-state index in [2.05, 4.69) is 67.8 Å². The fourth-order valence-electron chi connectivity index (χ4n) is 12.6. The van der Waals surface area contributed by atoms with Crippen molar-refractivity contribution in [2.24, 2.45) is 0 Å². The summed E-state index contributed by atoms with van der Waals surface area (Å²) >= 11 is 0. The van der Waals surface area contributed by atoms with Gasteiger partial charge in [0.15, 0.2) is 0 Å². The quantitative estimate of drug-likeness (QED) is 0.0320. The zero-order chi connectivity index (χ0) is 64.9. The zero-order valence-electron chi connectivity index (χ0n) is 60.6. The van der Waals surface area contributed by atoms with Gasteiger partial charge in [-0.15, -0.1) is 0 Å². The van der Waals surface area contributed by atoms with E-state index in [1.54, 1.807) is 6.08 Å². The average molecular weight is 1260 g/mol. The zero-order valence-corrected chi connectivity index (χ0v) is 60.6. The molecule has 2 atom stereocenters. The van der Waals surface area contributed by atoms with Crippen molar-refractivity contribution in [1.82, 2.24) is 5.32 Å². The van der Waals surface area contributed by atoms with E-state index >= 15 is 0 Å². The van der Waals surface area contributed by atoms with Crippen molar-refractivity contribution in [3.8, 4) is 0 Å². The van der Waals surface area contributed by atoms with Gasteiger partial charge in [-0.2, -0.15) is 0 Å². The van der Waals surface area contributed by atoms with Crippen LogP contribution in [0.4, 0.5) is 0 Å². The molecule has 90 heavy (non-hydrogen) atoms. The molecule has 3 N–H and O–H groups in total. The molecule has 6 nitrogen and oxygen atoms in total. The molecular weight excluding hydrogens is 1100 g/mol. The van der Waals surface area contributed by atoms with Crippen LogP contribution in [0.1, 0.15) is 438 Å². The number of aliphatic hydroxyl groups is 2. The summed E-state index contributed by atoms with van der Waals surface area (Å²) in [6, 6.07) is -0.629. The second-order valence-corrected chi connectivity index (χ2v) is 27.7. The SMILES string of the molecule is CCCCCC/C=C\C/C=C\CCCCCCCC(=O)OCCCCCCCCCCC/C=C\C/C=C\CCCCCCCCCCCCCCCCCCCC(=O)NC(CO)C(O)/C=C/CCCCCCCCCCCCCCCCCCCCCCCC. The highest BCUT2D eigenvalue weighted by molar-refractivity contribution is 5.76. The molecule has 0 rings (SSSR count). The number of ether oxygens (including phenoxy) is 1. The highest BCUT2D eigenvalue weighted by Crippen LogP contribution is 2.19. The Balaban J connectivity index is 3.41. The Labute approximate surface area is 562 Å². The van der Waals surface area contributed by atoms with E-state index in [4.69, 9.17) is 4.74 Å². The van der Waals surface area contributed by atoms with Crippen molar-refractivity contribution in [3.05, 3.63) is 60.8 Å². The minimum Gasteiger partial charge on any atom is -0.466 e. The number of carbonyl (C=O) groups is 2. The van der Waals surface area contributed by atoms with Crippen molar-refractivity contribution >= 4 is 11.9 Å². The Morgan fingerprint density at radius 1 is 0.311 bits per heavy atom. The normalized spacial score (nSPS) is 12.8. The second kappa shape index (κ2) is 79.0. The topological polar surface area (TPSA) is 95.9 Å². The molecule has 0 radical (unpaired) electrons. The number of hydrogen-bond acceptors (Lipinski definition) is 5. The standard InChI is InChI=1S/C84H157NO5/c1-3-5-7-9-11-13-15-17-19-21-22-23-24-36-39-42-45-48-52-56-60-64-68-72-76-82(87)81(80-86)85-83(88)77-73-69-65-61-57-53-49-46-43-40-37-34-32-30-28-26-25-27-29-31-33-35-38-41-44-47-51-55-59-63-67-71-75-79-90-84(89)78-74-70-66-62-58-54-50-20-18-16-14-12-10-8-6-4-2/h14,16,20,29,31,35,38,50,72,76,81-82,86-87H,3-13,15,17-19,21-28,30,32-34,36-37,39-49,51-71,73-75,77-80H2,1-2H3,(H,85,88)/b16-14-,31-29-,38-35-,50-20-,76-72+. The van der Waals surface area contributed by atoms with Crippen LogP contribution in [0, 0.1) is 0 Å². The van der Waals surface area contributed by atoms with Crippen molar-refractivity contribution < 1.29 is 24.5 Å². The molecule has 0 aliphatic rings. The lowest BCUT2D eigenvalue weighted by Crippen LogP contribution is -2.45. The Hall–Kier alpha value is -2.44. The summed E-state index contributed by atoms with van der Waals surface area (Å²) in [5.41, 5.74) is 0. The highest BCUT2D eigenvalue weighted by atomic mass is 16.5. The lowest BCUT2D eigenvalue weighted by molar-refractivity contribution is -0.143. The molecule has 0 bridgehead atoms. The maximum absolute atomic E-state index is 12.6. The Morgan fingerprint density at radius 3 is 0.856 bits per heavy atom. The molecule has 0 heterocycles. The van der Waals surface area contributed by atoms with Gasteiger partial charge in [0.2, 0.25) is 5.91 Å². The van der Waals surface area contributed by atoms with Gasteiger partial charge in [-0.05, 0) is 96.3 Å². The van der Waals surface area contributed by atoms with E-state index < -0.39 is 12.1 Å². The van der Waals surface area contributed by atoms with Gasteiger partial charge in [0, 0.05) is 12.8 Å². The second-order valence-electron chi connectivity index (χ2n) is 27.7. The third-order valence-electron chi connectivity index (χ3n) is 18.8. The molecule has 0 aromatic rings. The average Bonchev–Trinajstić information content (AvgIpc) is 3.68. The lowest BCUT2D eigenvalue weighted by atomic mass is 10.0. The molecule has 528 valence electrons. The molecule has 0 saturated carbocycles. The molecule has 1 amide bonds. The van der Waals surface area contributed by atoms with E-state index in [-0.39, 0.29) is 18.5 Å². The van der Waals surface area contributed by atoms with Crippen LogP contribution in [0.5, 0.6) is 0 Å². The summed E-state index contributed by atoms with van der Waals surface area (Å²) in [5, 5.41) is 23.3. The number of amides is 1. The summed E-state index contributed by atoms with van der Waals surface area (Å²) in [6.07, 6.45) is 106. The van der Waals surface area contributed by atoms with Crippen LogP contribution >= 0.6 is 0 Å². The van der Waals surface area contributed by atoms with Crippen molar-refractivity contribution in [3.63, 3.8) is 0 Å². The molecule has 2 unspecified atom stereocenters. The summed E-state index contributed by atoms with van der Waals surface area (Å²) in [6.45, 7) is 4.92. The van der Waals surface area contributed by atoms with Crippen molar-refractivity contribution in [2.45, 2.75) is 450 Å². The molecule has 0 aliphatic heterocycles. The summed E-state index contributed by atoms with van der Waals surface area (Å²) in [4.78, 5) is 24.6. The van der Waals surface area contributed by atoms with Gasteiger partial charge in [0.1, 0.15) is 0 Å². The maximum Gasteiger partial charge on any atom is 0.305 e. The van der Waals surface area contributed by atoms with Crippen LogP contribution in [0.25, 0.3) is 0 Å². The third-order valence-corrected chi connectivity index (χ3v) is 18.8. The van der Waals surface area contributed by atoms with Crippen LogP contribution in [0.15, 0.2) is 60.8 Å². The third kappa shape index (κ3) is 74.6. The Bertz CT molecular complexity index is 1550. The minimum atomic E-state index is -0.846. The summed E-state index contributed by atoms with van der Waals surface area (Å²) in [5.74, 6) is -0.0611. The predicted molar refractivity (Wildman–Crippen MR) is 398 cm³/mol. The van der Waals surface area contributed by atoms with Crippen LogP contribution in [0.2, 0.25) is 0 Å². The number of hydrogen-bond donors (Lipinski definition) is 3. The first-order valence-electron chi connectivity index (χ1n) is 40.6. The molecule has 0 fully saturated rings. The summed E-state index contributed by atoms with van der Waals surface area (Å²) < 4.78 is 5.49. The van der Waals surface area contributed by atoms with Gasteiger partial charge in [-0.25, -0.2) is 0 Å². The number of unbranched alkanes of at least 4 members (excludes halogenated alkanes) is 57. The number of aliphatic hydroxyl groups excluding tert-OH is 2. The molecule has 0 saturated heterocycles. The van der Waals surface area contributed by atoms with E-state index in [1.807, 2.05) is 6.08 Å². The number of rotatable bonds is 76. The van der Waals surface area contributed by atoms with Gasteiger partial charge < -0.3 is 20.3 Å². The number of allylic oxidation sites excluding steroid dienone is 9. The van der Waals surface area contributed by atoms with Gasteiger partial charge in [0.25, 0.3) is 0 Å². The first-order chi connectivity index (χ1) is 44.5. The first-order valence-corrected chi connectivity index (χ1v) is 40.6. The molecule has 0 spiro atoms. The molecule has 0 aromatic heterocycles. The molecular formula is C84H157NO5. The maximum atomic E-state index is 12.6. The number of esters is 1. The van der Waals surface area contributed by atoms with Crippen molar-refractivity contribution in [1.29, 1.82) is 0 Å². The van der Waals surface area contributed by atoms with E-state index in [1.165, 1.54) is 353 Å². The monoisotopic (exact) mass is 1260 g/mol. The van der Waals surface area contributed by atoms with Crippen LogP contribution in [-0.2, 0) is 14.3 Å². The molecule has 0 aliphatic carbocycles. The van der Waals surface area contributed by atoms with Gasteiger partial charge >= 0.3 is 5.97 Å². The Kier molecular flexibility index (Phi) is 76.9. The van der Waals surface area contributed by atoms with E-state index in [9.17, 15) is 19.8 Å². The smallest absolute Gasteiger partial charge is 0.305 e. The van der Waals surface area contributed by atoms with E-state index in [0.29, 0.717) is 19.4 Å². The van der Waals surface area contributed by atoms with Crippen molar-refractivity contribution in [2.75, 3.05) is 13.2 Å². The number of nitrogens with one attached hydrogen (secondary N) is 1. The van der Waals surface area contributed by atoms with Crippen LogP contribution in [-0.4, -0.2) is 47.4 Å². The van der Waals surface area contributed by atoms with Gasteiger partial charge in [0.05, 0.1) is 25.4 Å². The fraction of sp³-hybridized carbons (Fsp3) is 0.857. The fourth-order valence-corrected chi connectivity index (χ4v) is 12.6.